The van der Waals surface area contributed by atoms with E-state index in [1.165, 1.54) is 10.3 Å². The van der Waals surface area contributed by atoms with Crippen LogP contribution in [0.25, 0.3) is 10.2 Å². The van der Waals surface area contributed by atoms with Crippen molar-refractivity contribution >= 4 is 39.2 Å². The van der Waals surface area contributed by atoms with Crippen molar-refractivity contribution in [1.29, 1.82) is 0 Å². The van der Waals surface area contributed by atoms with Gasteiger partial charge in [0.2, 0.25) is 5.91 Å². The molecular weight excluding hydrogens is 252 g/mol. The third kappa shape index (κ3) is 2.98. The summed E-state index contributed by atoms with van der Waals surface area (Å²) in [5.41, 5.74) is 2.29. The van der Waals surface area contributed by atoms with E-state index < -0.39 is 0 Å². The Morgan fingerprint density at radius 2 is 2.35 bits per heavy atom. The number of hydrogen-bond acceptors (Lipinski definition) is 4. The van der Waals surface area contributed by atoms with Crippen molar-refractivity contribution in [1.82, 2.24) is 10.3 Å². The fourth-order valence-corrected chi connectivity index (χ4v) is 3.63. The SMILES string of the molecule is CNC(=O)CCSc1nc2c(C)cccc2s1. The second-order valence-corrected chi connectivity index (χ2v) is 6.05. The van der Waals surface area contributed by atoms with Crippen molar-refractivity contribution in [3.8, 4) is 0 Å². The number of aryl methyl sites for hydroxylation is 1. The minimum atomic E-state index is 0.0785. The minimum Gasteiger partial charge on any atom is -0.359 e. The van der Waals surface area contributed by atoms with Crippen LogP contribution >= 0.6 is 23.1 Å². The van der Waals surface area contributed by atoms with Crippen LogP contribution in [0.1, 0.15) is 12.0 Å². The zero-order valence-corrected chi connectivity index (χ0v) is 11.5. The Bertz CT molecular complexity index is 536. The third-order valence-corrected chi connectivity index (χ3v) is 4.60. The second-order valence-electron chi connectivity index (χ2n) is 3.67. The molecule has 1 amide bonds. The summed E-state index contributed by atoms with van der Waals surface area (Å²) in [7, 11) is 1.66. The molecule has 0 saturated carbocycles. The predicted molar refractivity (Wildman–Crippen MR) is 73.8 cm³/mol. The van der Waals surface area contributed by atoms with E-state index in [0.29, 0.717) is 6.42 Å². The molecule has 1 heterocycles. The van der Waals surface area contributed by atoms with Crippen LogP contribution in [0, 0.1) is 6.92 Å². The molecule has 0 aliphatic rings. The maximum Gasteiger partial charge on any atom is 0.220 e. The van der Waals surface area contributed by atoms with Crippen molar-refractivity contribution in [2.75, 3.05) is 12.8 Å². The molecule has 1 aromatic carbocycles. The number of benzene rings is 1. The topological polar surface area (TPSA) is 42.0 Å². The lowest BCUT2D eigenvalue weighted by atomic mass is 10.2. The zero-order valence-electron chi connectivity index (χ0n) is 9.82. The summed E-state index contributed by atoms with van der Waals surface area (Å²) in [4.78, 5) is 15.7. The third-order valence-electron chi connectivity index (χ3n) is 2.43. The Balaban J connectivity index is 2.05. The molecule has 0 fully saturated rings. The van der Waals surface area contributed by atoms with E-state index in [1.807, 2.05) is 0 Å². The first kappa shape index (κ1) is 12.4. The molecule has 1 N–H and O–H groups in total. The van der Waals surface area contributed by atoms with Crippen LogP contribution in [0.2, 0.25) is 0 Å². The van der Waals surface area contributed by atoms with Crippen molar-refractivity contribution in [3.05, 3.63) is 23.8 Å². The number of amides is 1. The van der Waals surface area contributed by atoms with Crippen molar-refractivity contribution in [3.63, 3.8) is 0 Å². The van der Waals surface area contributed by atoms with Gasteiger partial charge >= 0.3 is 0 Å². The van der Waals surface area contributed by atoms with E-state index in [9.17, 15) is 4.79 Å². The highest BCUT2D eigenvalue weighted by Gasteiger charge is 2.06. The monoisotopic (exact) mass is 266 g/mol. The van der Waals surface area contributed by atoms with Crippen LogP contribution in [0.5, 0.6) is 0 Å². The van der Waals surface area contributed by atoms with E-state index in [1.54, 1.807) is 30.1 Å². The van der Waals surface area contributed by atoms with Gasteiger partial charge in [0, 0.05) is 19.2 Å². The number of hydrogen-bond donors (Lipinski definition) is 1. The summed E-state index contributed by atoms with van der Waals surface area (Å²) in [6, 6.07) is 6.21. The maximum atomic E-state index is 11.1. The number of aromatic nitrogens is 1. The molecule has 3 nitrogen and oxygen atoms in total. The highest BCUT2D eigenvalue weighted by Crippen LogP contribution is 2.31. The van der Waals surface area contributed by atoms with Crippen molar-refractivity contribution < 1.29 is 4.79 Å². The first-order valence-corrected chi connectivity index (χ1v) is 7.20. The number of rotatable bonds is 4. The Hall–Kier alpha value is -1.07. The molecule has 90 valence electrons. The Morgan fingerprint density at radius 3 is 3.06 bits per heavy atom. The lowest BCUT2D eigenvalue weighted by molar-refractivity contribution is -0.120. The molecule has 0 spiro atoms. The van der Waals surface area contributed by atoms with Gasteiger partial charge in [-0.2, -0.15) is 0 Å². The fraction of sp³-hybridized carbons (Fsp3) is 0.333. The number of nitrogens with one attached hydrogen (secondary N) is 1. The molecule has 5 heteroatoms. The molecular formula is C12H14N2OS2. The van der Waals surface area contributed by atoms with E-state index in [4.69, 9.17) is 0 Å². The smallest absolute Gasteiger partial charge is 0.220 e. The predicted octanol–water partition coefficient (Wildman–Crippen LogP) is 2.83. The van der Waals surface area contributed by atoms with E-state index in [2.05, 4.69) is 35.4 Å². The van der Waals surface area contributed by atoms with Gasteiger partial charge in [-0.1, -0.05) is 23.9 Å². The van der Waals surface area contributed by atoms with Crippen molar-refractivity contribution in [2.24, 2.45) is 0 Å². The molecule has 2 aromatic rings. The molecule has 0 bridgehead atoms. The van der Waals surface area contributed by atoms with Crippen LogP contribution in [-0.2, 0) is 4.79 Å². The maximum absolute atomic E-state index is 11.1. The summed E-state index contributed by atoms with van der Waals surface area (Å²) in [6.45, 7) is 2.07. The fourth-order valence-electron chi connectivity index (χ4n) is 1.48. The van der Waals surface area contributed by atoms with Gasteiger partial charge in [-0.25, -0.2) is 4.98 Å². The van der Waals surface area contributed by atoms with Crippen LogP contribution in [-0.4, -0.2) is 23.7 Å². The first-order valence-electron chi connectivity index (χ1n) is 5.40. The molecule has 2 rings (SSSR count). The van der Waals surface area contributed by atoms with Gasteiger partial charge in [0.1, 0.15) is 0 Å². The Morgan fingerprint density at radius 1 is 1.53 bits per heavy atom. The van der Waals surface area contributed by atoms with Crippen LogP contribution in [0.3, 0.4) is 0 Å². The van der Waals surface area contributed by atoms with Crippen LogP contribution in [0.15, 0.2) is 22.5 Å². The van der Waals surface area contributed by atoms with Crippen LogP contribution < -0.4 is 5.32 Å². The number of nitrogens with zero attached hydrogens (tertiary/aromatic N) is 1. The van der Waals surface area contributed by atoms with Gasteiger partial charge in [-0.15, -0.1) is 11.3 Å². The molecule has 0 aliphatic carbocycles. The summed E-state index contributed by atoms with van der Waals surface area (Å²) in [5, 5.41) is 2.62. The standard InChI is InChI=1S/C12H14N2OS2/c1-8-4-3-5-9-11(8)14-12(17-9)16-7-6-10(15)13-2/h3-5H,6-7H2,1-2H3,(H,13,15). The lowest BCUT2D eigenvalue weighted by Crippen LogP contribution is -2.17. The second kappa shape index (κ2) is 5.51. The molecule has 0 saturated heterocycles. The molecule has 0 atom stereocenters. The minimum absolute atomic E-state index is 0.0785. The summed E-state index contributed by atoms with van der Waals surface area (Å²) in [5.74, 6) is 0.855. The summed E-state index contributed by atoms with van der Waals surface area (Å²) < 4.78 is 2.26. The van der Waals surface area contributed by atoms with Crippen molar-refractivity contribution in [2.45, 2.75) is 17.7 Å². The molecule has 0 radical (unpaired) electrons. The molecule has 0 aliphatic heterocycles. The van der Waals surface area contributed by atoms with E-state index >= 15 is 0 Å². The highest BCUT2D eigenvalue weighted by atomic mass is 32.2. The summed E-state index contributed by atoms with van der Waals surface area (Å²) in [6.07, 6.45) is 0.538. The number of carbonyl (C=O) groups excluding carboxylic acids is 1. The summed E-state index contributed by atoms with van der Waals surface area (Å²) >= 11 is 3.34. The normalized spacial score (nSPS) is 10.7. The number of thioether (sulfide) groups is 1. The zero-order chi connectivity index (χ0) is 12.3. The number of fused-ring (bicyclic) bond motifs is 1. The van der Waals surface area contributed by atoms with Gasteiger partial charge in [-0.3, -0.25) is 4.79 Å². The number of para-hydroxylation sites is 1. The number of thiazole rings is 1. The quantitative estimate of drug-likeness (QED) is 0.865. The van der Waals surface area contributed by atoms with E-state index in [0.717, 1.165) is 15.6 Å². The van der Waals surface area contributed by atoms with E-state index in [-0.39, 0.29) is 5.91 Å². The molecule has 1 aromatic heterocycles. The van der Waals surface area contributed by atoms with Gasteiger partial charge < -0.3 is 5.32 Å². The highest BCUT2D eigenvalue weighted by molar-refractivity contribution is 8.01. The van der Waals surface area contributed by atoms with Gasteiger partial charge in [0.25, 0.3) is 0 Å². The largest absolute Gasteiger partial charge is 0.359 e. The average molecular weight is 266 g/mol. The Kier molecular flexibility index (Phi) is 4.02. The van der Waals surface area contributed by atoms with Gasteiger partial charge in [0.05, 0.1) is 10.2 Å². The lowest BCUT2D eigenvalue weighted by Gasteiger charge is -1.96. The van der Waals surface area contributed by atoms with Gasteiger partial charge in [0.15, 0.2) is 4.34 Å². The molecule has 0 unspecified atom stereocenters. The molecule has 17 heavy (non-hydrogen) atoms. The van der Waals surface area contributed by atoms with Crippen LogP contribution in [0.4, 0.5) is 0 Å². The first-order chi connectivity index (χ1) is 8.20. The Labute approximate surface area is 109 Å². The number of carbonyl (C=O) groups is 1. The van der Waals surface area contributed by atoms with Gasteiger partial charge in [-0.05, 0) is 18.6 Å². The average Bonchev–Trinajstić information content (AvgIpc) is 2.73.